The van der Waals surface area contributed by atoms with E-state index in [1.807, 2.05) is 6.92 Å². The molecule has 1 aromatic rings. The third kappa shape index (κ3) is 1.73. The van der Waals surface area contributed by atoms with Crippen LogP contribution in [-0.2, 0) is 0 Å². The minimum Gasteiger partial charge on any atom is -0.342 e. The average Bonchev–Trinajstić information content (AvgIpc) is 2.71. The Kier molecular flexibility index (Phi) is 2.93. The molecule has 2 unspecified atom stereocenters. The highest BCUT2D eigenvalue weighted by atomic mass is 35.5. The smallest absolute Gasteiger partial charge is 0.208 e. The van der Waals surface area contributed by atoms with Crippen LogP contribution < -0.4 is 4.90 Å². The van der Waals surface area contributed by atoms with Crippen molar-refractivity contribution in [1.29, 1.82) is 0 Å². The predicted molar refractivity (Wildman–Crippen MR) is 60.3 cm³/mol. The van der Waals surface area contributed by atoms with Crippen LogP contribution in [0.15, 0.2) is 0 Å². The average molecular weight is 232 g/mol. The largest absolute Gasteiger partial charge is 0.342 e. The van der Waals surface area contributed by atoms with Gasteiger partial charge in [-0.2, -0.15) is 0 Å². The molecule has 14 heavy (non-hydrogen) atoms. The number of anilines is 1. The maximum atomic E-state index is 5.97. The van der Waals surface area contributed by atoms with Gasteiger partial charge in [-0.05, 0) is 19.3 Å². The van der Waals surface area contributed by atoms with Crippen molar-refractivity contribution in [3.8, 4) is 0 Å². The molecule has 0 spiro atoms. The summed E-state index contributed by atoms with van der Waals surface area (Å²) >= 11 is 7.62. The first-order valence-corrected chi connectivity index (χ1v) is 6.20. The molecule has 3 nitrogen and oxygen atoms in total. The number of hydrogen-bond acceptors (Lipinski definition) is 4. The highest BCUT2D eigenvalue weighted by Gasteiger charge is 2.32. The van der Waals surface area contributed by atoms with Gasteiger partial charge in [-0.15, -0.1) is 21.8 Å². The molecule has 0 amide bonds. The van der Waals surface area contributed by atoms with E-state index < -0.39 is 0 Å². The Morgan fingerprint density at radius 3 is 2.93 bits per heavy atom. The first-order chi connectivity index (χ1) is 6.72. The van der Waals surface area contributed by atoms with Crippen LogP contribution in [0.5, 0.6) is 0 Å². The SMILES string of the molecule is Cc1nnc(N2CCC(C)C2CCl)s1. The lowest BCUT2D eigenvalue weighted by molar-refractivity contribution is 0.549. The molecule has 1 saturated heterocycles. The lowest BCUT2D eigenvalue weighted by atomic mass is 10.1. The molecule has 1 aliphatic rings. The van der Waals surface area contributed by atoms with E-state index in [1.165, 1.54) is 6.42 Å². The maximum absolute atomic E-state index is 5.97. The summed E-state index contributed by atoms with van der Waals surface area (Å²) < 4.78 is 0. The third-order valence-corrected chi connectivity index (χ3v) is 3.99. The lowest BCUT2D eigenvalue weighted by Crippen LogP contribution is -2.33. The first kappa shape index (κ1) is 10.2. The molecule has 2 atom stereocenters. The monoisotopic (exact) mass is 231 g/mol. The Morgan fingerprint density at radius 1 is 1.57 bits per heavy atom. The van der Waals surface area contributed by atoms with Crippen molar-refractivity contribution in [2.45, 2.75) is 26.3 Å². The molecule has 5 heteroatoms. The van der Waals surface area contributed by atoms with E-state index in [2.05, 4.69) is 22.0 Å². The third-order valence-electron chi connectivity index (χ3n) is 2.80. The van der Waals surface area contributed by atoms with E-state index in [-0.39, 0.29) is 0 Å². The zero-order valence-corrected chi connectivity index (χ0v) is 9.98. The van der Waals surface area contributed by atoms with Gasteiger partial charge in [0.05, 0.1) is 0 Å². The molecule has 0 aromatic carbocycles. The molecular formula is C9H14ClN3S. The van der Waals surface area contributed by atoms with Crippen LogP contribution in [0.25, 0.3) is 0 Å². The Bertz CT molecular complexity index is 315. The van der Waals surface area contributed by atoms with Crippen molar-refractivity contribution in [3.05, 3.63) is 5.01 Å². The molecule has 1 aromatic heterocycles. The number of hydrogen-bond donors (Lipinski definition) is 0. The van der Waals surface area contributed by atoms with Crippen molar-refractivity contribution in [3.63, 3.8) is 0 Å². The van der Waals surface area contributed by atoms with Gasteiger partial charge in [-0.1, -0.05) is 18.3 Å². The fourth-order valence-corrected chi connectivity index (χ4v) is 3.13. The van der Waals surface area contributed by atoms with Crippen molar-refractivity contribution in [1.82, 2.24) is 10.2 Å². The number of halogens is 1. The Labute approximate surface area is 93.1 Å². The molecule has 0 bridgehead atoms. The number of rotatable bonds is 2. The summed E-state index contributed by atoms with van der Waals surface area (Å²) in [7, 11) is 0. The first-order valence-electron chi connectivity index (χ1n) is 4.85. The number of nitrogens with zero attached hydrogens (tertiary/aromatic N) is 3. The Morgan fingerprint density at radius 2 is 2.36 bits per heavy atom. The number of aryl methyl sites for hydroxylation is 1. The van der Waals surface area contributed by atoms with Crippen LogP contribution in [-0.4, -0.2) is 28.7 Å². The minimum atomic E-state index is 0.434. The molecule has 1 fully saturated rings. The van der Waals surface area contributed by atoms with Crippen molar-refractivity contribution >= 4 is 28.1 Å². The summed E-state index contributed by atoms with van der Waals surface area (Å²) in [4.78, 5) is 2.29. The Hall–Kier alpha value is -0.350. The normalized spacial score (nSPS) is 27.2. The zero-order chi connectivity index (χ0) is 10.1. The van der Waals surface area contributed by atoms with Crippen LogP contribution >= 0.6 is 22.9 Å². The van der Waals surface area contributed by atoms with Gasteiger partial charge in [-0.25, -0.2) is 0 Å². The molecule has 0 radical (unpaired) electrons. The van der Waals surface area contributed by atoms with Crippen molar-refractivity contribution in [2.24, 2.45) is 5.92 Å². The minimum absolute atomic E-state index is 0.434. The van der Waals surface area contributed by atoms with Crippen LogP contribution in [0.1, 0.15) is 18.4 Å². The molecule has 0 saturated carbocycles. The molecule has 2 rings (SSSR count). The molecular weight excluding hydrogens is 218 g/mol. The summed E-state index contributed by atoms with van der Waals surface area (Å²) in [6.45, 7) is 5.30. The second-order valence-electron chi connectivity index (χ2n) is 3.78. The molecule has 0 N–H and O–H groups in total. The zero-order valence-electron chi connectivity index (χ0n) is 8.40. The highest BCUT2D eigenvalue weighted by Crippen LogP contribution is 2.31. The van der Waals surface area contributed by atoms with E-state index in [4.69, 9.17) is 11.6 Å². The number of alkyl halides is 1. The van der Waals surface area contributed by atoms with Gasteiger partial charge in [0.1, 0.15) is 5.01 Å². The molecule has 1 aliphatic heterocycles. The van der Waals surface area contributed by atoms with E-state index in [9.17, 15) is 0 Å². The second kappa shape index (κ2) is 4.03. The maximum Gasteiger partial charge on any atom is 0.208 e. The van der Waals surface area contributed by atoms with Gasteiger partial charge >= 0.3 is 0 Å². The van der Waals surface area contributed by atoms with Crippen LogP contribution in [0.4, 0.5) is 5.13 Å². The predicted octanol–water partition coefficient (Wildman–Crippen LogP) is 2.30. The fraction of sp³-hybridized carbons (Fsp3) is 0.778. The lowest BCUT2D eigenvalue weighted by Gasteiger charge is -2.23. The van der Waals surface area contributed by atoms with Crippen molar-refractivity contribution < 1.29 is 0 Å². The van der Waals surface area contributed by atoms with E-state index in [0.717, 1.165) is 16.7 Å². The van der Waals surface area contributed by atoms with Gasteiger partial charge in [0, 0.05) is 18.5 Å². The standard InChI is InChI=1S/C9H14ClN3S/c1-6-3-4-13(8(6)5-10)9-12-11-7(2)14-9/h6,8H,3-5H2,1-2H3. The van der Waals surface area contributed by atoms with Gasteiger partial charge in [0.15, 0.2) is 0 Å². The van der Waals surface area contributed by atoms with Crippen molar-refractivity contribution in [2.75, 3.05) is 17.3 Å². The fourth-order valence-electron chi connectivity index (χ4n) is 1.88. The summed E-state index contributed by atoms with van der Waals surface area (Å²) in [5, 5.41) is 10.3. The summed E-state index contributed by atoms with van der Waals surface area (Å²) in [6, 6.07) is 0.434. The van der Waals surface area contributed by atoms with Crippen LogP contribution in [0, 0.1) is 12.8 Å². The van der Waals surface area contributed by atoms with Gasteiger partial charge in [0.2, 0.25) is 5.13 Å². The van der Waals surface area contributed by atoms with Gasteiger partial charge in [0.25, 0.3) is 0 Å². The topological polar surface area (TPSA) is 29.0 Å². The Balaban J connectivity index is 2.18. The summed E-state index contributed by atoms with van der Waals surface area (Å²) in [6.07, 6.45) is 1.20. The molecule has 2 heterocycles. The van der Waals surface area contributed by atoms with Crippen LogP contribution in [0.3, 0.4) is 0 Å². The quantitative estimate of drug-likeness (QED) is 0.732. The van der Waals surface area contributed by atoms with Crippen LogP contribution in [0.2, 0.25) is 0 Å². The second-order valence-corrected chi connectivity index (χ2v) is 5.25. The molecule has 78 valence electrons. The van der Waals surface area contributed by atoms with E-state index >= 15 is 0 Å². The van der Waals surface area contributed by atoms with Gasteiger partial charge < -0.3 is 4.90 Å². The summed E-state index contributed by atoms with van der Waals surface area (Å²) in [5.41, 5.74) is 0. The van der Waals surface area contributed by atoms with E-state index in [1.54, 1.807) is 11.3 Å². The number of aromatic nitrogens is 2. The highest BCUT2D eigenvalue weighted by molar-refractivity contribution is 7.15. The molecule has 0 aliphatic carbocycles. The van der Waals surface area contributed by atoms with E-state index in [0.29, 0.717) is 17.8 Å². The summed E-state index contributed by atoms with van der Waals surface area (Å²) in [5.74, 6) is 1.34. The van der Waals surface area contributed by atoms with Gasteiger partial charge in [-0.3, -0.25) is 0 Å².